The molecular formula is C19H14O4. The van der Waals surface area contributed by atoms with Crippen molar-refractivity contribution >= 4 is 33.5 Å². The van der Waals surface area contributed by atoms with Gasteiger partial charge >= 0.3 is 11.9 Å². The lowest BCUT2D eigenvalue weighted by molar-refractivity contribution is -0.137. The molecule has 1 saturated heterocycles. The SMILES string of the molecule is O=C1CC(OC(=O)c2c3ccccc3cc3ccccc23)CO1. The van der Waals surface area contributed by atoms with Gasteiger partial charge in [-0.15, -0.1) is 0 Å². The Kier molecular flexibility index (Phi) is 3.23. The summed E-state index contributed by atoms with van der Waals surface area (Å²) in [5, 5.41) is 3.66. The third kappa shape index (κ3) is 2.42. The zero-order chi connectivity index (χ0) is 15.8. The van der Waals surface area contributed by atoms with Gasteiger partial charge in [0.1, 0.15) is 12.7 Å². The van der Waals surface area contributed by atoms with E-state index in [4.69, 9.17) is 9.47 Å². The van der Waals surface area contributed by atoms with Crippen molar-refractivity contribution in [3.05, 3.63) is 60.2 Å². The molecule has 0 saturated carbocycles. The first-order valence-electron chi connectivity index (χ1n) is 7.49. The highest BCUT2D eigenvalue weighted by atomic mass is 16.6. The number of carbonyl (C=O) groups excluding carboxylic acids is 2. The summed E-state index contributed by atoms with van der Waals surface area (Å²) in [6.07, 6.45) is -0.387. The van der Waals surface area contributed by atoms with Gasteiger partial charge in [0.25, 0.3) is 0 Å². The van der Waals surface area contributed by atoms with Crippen LogP contribution in [0.1, 0.15) is 16.8 Å². The van der Waals surface area contributed by atoms with Crippen LogP contribution in [0.25, 0.3) is 21.5 Å². The van der Waals surface area contributed by atoms with Gasteiger partial charge in [-0.25, -0.2) is 4.79 Å². The minimum absolute atomic E-state index is 0.119. The van der Waals surface area contributed by atoms with Crippen LogP contribution in [0.2, 0.25) is 0 Å². The molecule has 0 radical (unpaired) electrons. The summed E-state index contributed by atoms with van der Waals surface area (Å²) in [6, 6.07) is 17.5. The summed E-state index contributed by atoms with van der Waals surface area (Å²) in [6.45, 7) is 0.132. The number of benzene rings is 3. The van der Waals surface area contributed by atoms with Crippen molar-refractivity contribution in [3.8, 4) is 0 Å². The number of cyclic esters (lactones) is 1. The Balaban J connectivity index is 1.85. The Morgan fingerprint density at radius 1 is 1.00 bits per heavy atom. The molecule has 0 spiro atoms. The van der Waals surface area contributed by atoms with Gasteiger partial charge in [-0.2, -0.15) is 0 Å². The summed E-state index contributed by atoms with van der Waals surface area (Å²) in [7, 11) is 0. The molecule has 4 nitrogen and oxygen atoms in total. The van der Waals surface area contributed by atoms with E-state index in [1.807, 2.05) is 48.5 Å². The van der Waals surface area contributed by atoms with E-state index in [1.54, 1.807) is 0 Å². The average Bonchev–Trinajstić information content (AvgIpc) is 2.97. The molecule has 114 valence electrons. The van der Waals surface area contributed by atoms with E-state index in [0.717, 1.165) is 21.5 Å². The van der Waals surface area contributed by atoms with Crippen LogP contribution in [0.15, 0.2) is 54.6 Å². The van der Waals surface area contributed by atoms with Crippen molar-refractivity contribution in [2.45, 2.75) is 12.5 Å². The molecule has 1 aliphatic rings. The minimum atomic E-state index is -0.507. The van der Waals surface area contributed by atoms with Crippen LogP contribution < -0.4 is 0 Å². The second-order valence-corrected chi connectivity index (χ2v) is 5.61. The Bertz CT molecular complexity index is 875. The molecule has 0 aliphatic carbocycles. The molecule has 3 aromatic carbocycles. The predicted molar refractivity (Wildman–Crippen MR) is 86.2 cm³/mol. The monoisotopic (exact) mass is 306 g/mol. The minimum Gasteiger partial charge on any atom is -0.462 e. The fourth-order valence-corrected chi connectivity index (χ4v) is 3.01. The summed E-state index contributed by atoms with van der Waals surface area (Å²) in [5.41, 5.74) is 0.540. The number of hydrogen-bond donors (Lipinski definition) is 0. The van der Waals surface area contributed by atoms with Gasteiger partial charge in [-0.1, -0.05) is 48.5 Å². The van der Waals surface area contributed by atoms with E-state index in [-0.39, 0.29) is 19.0 Å². The number of ether oxygens (including phenoxy) is 2. The first kappa shape index (κ1) is 13.8. The Hall–Kier alpha value is -2.88. The fourth-order valence-electron chi connectivity index (χ4n) is 3.01. The smallest absolute Gasteiger partial charge is 0.339 e. The van der Waals surface area contributed by atoms with Crippen LogP contribution in [0.4, 0.5) is 0 Å². The lowest BCUT2D eigenvalue weighted by Gasteiger charge is -2.13. The normalized spacial score (nSPS) is 17.4. The number of carbonyl (C=O) groups is 2. The van der Waals surface area contributed by atoms with E-state index < -0.39 is 12.1 Å². The van der Waals surface area contributed by atoms with Crippen LogP contribution in [-0.2, 0) is 14.3 Å². The molecule has 3 aromatic rings. The van der Waals surface area contributed by atoms with E-state index in [2.05, 4.69) is 6.07 Å². The molecule has 0 N–H and O–H groups in total. The van der Waals surface area contributed by atoms with Crippen molar-refractivity contribution in [1.29, 1.82) is 0 Å². The van der Waals surface area contributed by atoms with Gasteiger partial charge in [0.15, 0.2) is 0 Å². The predicted octanol–water partition coefficient (Wildman–Crippen LogP) is 3.47. The van der Waals surface area contributed by atoms with E-state index >= 15 is 0 Å². The first-order valence-corrected chi connectivity index (χ1v) is 7.49. The maximum Gasteiger partial charge on any atom is 0.339 e. The van der Waals surface area contributed by atoms with Gasteiger partial charge in [0, 0.05) is 0 Å². The molecule has 0 bridgehead atoms. The highest BCUT2D eigenvalue weighted by Gasteiger charge is 2.28. The van der Waals surface area contributed by atoms with E-state index in [1.165, 1.54) is 0 Å². The van der Waals surface area contributed by atoms with Gasteiger partial charge in [-0.3, -0.25) is 4.79 Å². The lowest BCUT2D eigenvalue weighted by Crippen LogP contribution is -2.18. The molecule has 1 unspecified atom stereocenters. The van der Waals surface area contributed by atoms with Crippen molar-refractivity contribution in [1.82, 2.24) is 0 Å². The highest BCUT2D eigenvalue weighted by molar-refractivity contribution is 6.16. The maximum absolute atomic E-state index is 12.7. The molecule has 0 amide bonds. The Morgan fingerprint density at radius 2 is 1.61 bits per heavy atom. The second kappa shape index (κ2) is 5.39. The first-order chi connectivity index (χ1) is 11.2. The maximum atomic E-state index is 12.7. The van der Waals surface area contributed by atoms with Crippen molar-refractivity contribution in [3.63, 3.8) is 0 Å². The lowest BCUT2D eigenvalue weighted by atomic mass is 9.97. The molecule has 4 heteroatoms. The molecule has 4 rings (SSSR count). The highest BCUT2D eigenvalue weighted by Crippen LogP contribution is 2.29. The molecule has 1 atom stereocenters. The third-order valence-electron chi connectivity index (χ3n) is 4.07. The molecule has 1 fully saturated rings. The molecule has 1 aliphatic heterocycles. The van der Waals surface area contributed by atoms with Crippen LogP contribution in [0.5, 0.6) is 0 Å². The van der Waals surface area contributed by atoms with Gasteiger partial charge in [0.2, 0.25) is 0 Å². The third-order valence-corrected chi connectivity index (χ3v) is 4.07. The zero-order valence-electron chi connectivity index (χ0n) is 12.3. The average molecular weight is 306 g/mol. The topological polar surface area (TPSA) is 52.6 Å². The second-order valence-electron chi connectivity index (χ2n) is 5.61. The summed E-state index contributed by atoms with van der Waals surface area (Å²) in [4.78, 5) is 23.9. The van der Waals surface area contributed by atoms with Crippen molar-refractivity contribution < 1.29 is 19.1 Å². The molecule has 1 heterocycles. The molecule has 23 heavy (non-hydrogen) atoms. The molecular weight excluding hydrogens is 292 g/mol. The summed E-state index contributed by atoms with van der Waals surface area (Å²) < 4.78 is 10.4. The largest absolute Gasteiger partial charge is 0.462 e. The van der Waals surface area contributed by atoms with Crippen LogP contribution in [0, 0.1) is 0 Å². The Morgan fingerprint density at radius 3 is 2.17 bits per heavy atom. The van der Waals surface area contributed by atoms with Gasteiger partial charge in [-0.05, 0) is 27.6 Å². The van der Waals surface area contributed by atoms with E-state index in [0.29, 0.717) is 5.56 Å². The van der Waals surface area contributed by atoms with Gasteiger partial charge < -0.3 is 9.47 Å². The number of rotatable bonds is 2. The number of esters is 2. The van der Waals surface area contributed by atoms with Crippen LogP contribution >= 0.6 is 0 Å². The van der Waals surface area contributed by atoms with Crippen LogP contribution in [-0.4, -0.2) is 24.6 Å². The standard InChI is InChI=1S/C19H14O4/c20-17-10-14(11-22-17)23-19(21)18-15-7-3-1-5-12(15)9-13-6-2-4-8-16(13)18/h1-9,14H,10-11H2. The number of hydrogen-bond acceptors (Lipinski definition) is 4. The van der Waals surface area contributed by atoms with Crippen LogP contribution in [0.3, 0.4) is 0 Å². The number of fused-ring (bicyclic) bond motifs is 2. The zero-order valence-corrected chi connectivity index (χ0v) is 12.3. The quantitative estimate of drug-likeness (QED) is 0.537. The van der Waals surface area contributed by atoms with E-state index in [9.17, 15) is 9.59 Å². The summed E-state index contributed by atoms with van der Waals surface area (Å²) >= 11 is 0. The Labute approximate surface area is 132 Å². The summed E-state index contributed by atoms with van der Waals surface area (Å²) in [5.74, 6) is -0.744. The van der Waals surface area contributed by atoms with Gasteiger partial charge in [0.05, 0.1) is 12.0 Å². The van der Waals surface area contributed by atoms with Crippen molar-refractivity contribution in [2.75, 3.05) is 6.61 Å². The van der Waals surface area contributed by atoms with Crippen molar-refractivity contribution in [2.24, 2.45) is 0 Å². The fraction of sp³-hybridized carbons (Fsp3) is 0.158. The molecule has 0 aromatic heterocycles.